The number of amides is 2. The highest BCUT2D eigenvalue weighted by Gasteiger charge is 2.41. The van der Waals surface area contributed by atoms with Gasteiger partial charge in [0.15, 0.2) is 0 Å². The molecule has 7 heteroatoms. The maximum atomic E-state index is 12.9. The van der Waals surface area contributed by atoms with E-state index in [-0.39, 0.29) is 17.4 Å². The van der Waals surface area contributed by atoms with Gasteiger partial charge in [-0.25, -0.2) is 0 Å². The molecule has 2 saturated heterocycles. The van der Waals surface area contributed by atoms with Gasteiger partial charge >= 0.3 is 0 Å². The average molecular weight is 411 g/mol. The second kappa shape index (κ2) is 9.00. The lowest BCUT2D eigenvalue weighted by molar-refractivity contribution is -0.122. The summed E-state index contributed by atoms with van der Waals surface area (Å²) in [6.45, 7) is 5.43. The third-order valence-corrected chi connectivity index (χ3v) is 6.38. The van der Waals surface area contributed by atoms with Gasteiger partial charge in [-0.3, -0.25) is 14.3 Å². The van der Waals surface area contributed by atoms with Crippen LogP contribution >= 0.6 is 0 Å². The second-order valence-corrected chi connectivity index (χ2v) is 8.29. The van der Waals surface area contributed by atoms with E-state index in [1.807, 2.05) is 42.2 Å². The summed E-state index contributed by atoms with van der Waals surface area (Å²) in [6.07, 6.45) is 5.23. The third kappa shape index (κ3) is 4.41. The molecule has 2 fully saturated rings. The first kappa shape index (κ1) is 20.6. The van der Waals surface area contributed by atoms with E-state index in [1.165, 1.54) is 0 Å². The number of nitrogens with one attached hydrogen (secondary N) is 1. The number of carbonyl (C=O) groups excluding carboxylic acids is 2. The summed E-state index contributed by atoms with van der Waals surface area (Å²) in [7, 11) is 0. The van der Waals surface area contributed by atoms with Gasteiger partial charge in [-0.15, -0.1) is 0 Å². The standard InChI is InChI=1S/C23H30N4O3/c1-2-27-20(8-12-25-27)22(29)26-13-10-23(11-14-26)16-18(9-15-30-23)17-24-21(28)19-6-4-3-5-7-19/h3-8,12,18H,2,9-11,13-17H2,1H3,(H,24,28). The van der Waals surface area contributed by atoms with Crippen LogP contribution < -0.4 is 5.32 Å². The molecule has 0 radical (unpaired) electrons. The van der Waals surface area contributed by atoms with E-state index in [9.17, 15) is 9.59 Å². The van der Waals surface area contributed by atoms with Crippen LogP contribution in [-0.2, 0) is 11.3 Å². The number of carbonyl (C=O) groups is 2. The molecule has 2 aliphatic rings. The molecule has 1 spiro atoms. The van der Waals surface area contributed by atoms with Crippen molar-refractivity contribution in [3.63, 3.8) is 0 Å². The van der Waals surface area contributed by atoms with Gasteiger partial charge in [-0.1, -0.05) is 18.2 Å². The summed E-state index contributed by atoms with van der Waals surface area (Å²) in [6, 6.07) is 11.1. The Morgan fingerprint density at radius 2 is 1.97 bits per heavy atom. The van der Waals surface area contributed by atoms with Crippen LogP contribution in [0.15, 0.2) is 42.6 Å². The molecule has 30 heavy (non-hydrogen) atoms. The van der Waals surface area contributed by atoms with Gasteiger partial charge < -0.3 is 15.0 Å². The number of hydrogen-bond acceptors (Lipinski definition) is 4. The van der Waals surface area contributed by atoms with Crippen LogP contribution in [0.5, 0.6) is 0 Å². The van der Waals surface area contributed by atoms with Gasteiger partial charge in [-0.05, 0) is 56.7 Å². The number of ether oxygens (including phenoxy) is 1. The predicted molar refractivity (Wildman–Crippen MR) is 113 cm³/mol. The van der Waals surface area contributed by atoms with Crippen LogP contribution in [-0.4, -0.2) is 58.3 Å². The first-order chi connectivity index (χ1) is 14.6. The Bertz CT molecular complexity index is 872. The summed E-state index contributed by atoms with van der Waals surface area (Å²) in [5, 5.41) is 7.29. The number of likely N-dealkylation sites (tertiary alicyclic amines) is 1. The van der Waals surface area contributed by atoms with Crippen LogP contribution in [0.2, 0.25) is 0 Å². The van der Waals surface area contributed by atoms with Crippen molar-refractivity contribution >= 4 is 11.8 Å². The van der Waals surface area contributed by atoms with E-state index in [1.54, 1.807) is 16.9 Å². The van der Waals surface area contributed by atoms with Crippen LogP contribution in [0, 0.1) is 5.92 Å². The summed E-state index contributed by atoms with van der Waals surface area (Å²) >= 11 is 0. The molecule has 2 aromatic rings. The number of aromatic nitrogens is 2. The maximum Gasteiger partial charge on any atom is 0.272 e. The molecule has 1 unspecified atom stereocenters. The fourth-order valence-electron chi connectivity index (χ4n) is 4.63. The lowest BCUT2D eigenvalue weighted by atomic mass is 9.79. The van der Waals surface area contributed by atoms with E-state index in [0.717, 1.165) is 25.7 Å². The topological polar surface area (TPSA) is 76.5 Å². The lowest BCUT2D eigenvalue weighted by Gasteiger charge is -2.46. The zero-order valence-electron chi connectivity index (χ0n) is 17.5. The van der Waals surface area contributed by atoms with Gasteiger partial charge in [0.2, 0.25) is 0 Å². The number of hydrogen-bond donors (Lipinski definition) is 1. The van der Waals surface area contributed by atoms with Crippen LogP contribution in [0.25, 0.3) is 0 Å². The van der Waals surface area contributed by atoms with Gasteiger partial charge in [-0.2, -0.15) is 5.10 Å². The average Bonchev–Trinajstić information content (AvgIpc) is 3.27. The minimum Gasteiger partial charge on any atom is -0.375 e. The molecular formula is C23H30N4O3. The summed E-state index contributed by atoms with van der Waals surface area (Å²) in [5.41, 5.74) is 1.17. The monoisotopic (exact) mass is 410 g/mol. The molecule has 0 aliphatic carbocycles. The second-order valence-electron chi connectivity index (χ2n) is 8.29. The Hall–Kier alpha value is -2.67. The van der Waals surface area contributed by atoms with E-state index >= 15 is 0 Å². The third-order valence-electron chi connectivity index (χ3n) is 6.38. The van der Waals surface area contributed by atoms with Crippen molar-refractivity contribution in [2.75, 3.05) is 26.2 Å². The number of piperidine rings is 1. The van der Waals surface area contributed by atoms with Crippen LogP contribution in [0.4, 0.5) is 0 Å². The van der Waals surface area contributed by atoms with Gasteiger partial charge in [0.1, 0.15) is 5.69 Å². The van der Waals surface area contributed by atoms with E-state index in [0.29, 0.717) is 50.0 Å². The molecule has 1 aromatic carbocycles. The van der Waals surface area contributed by atoms with Crippen molar-refractivity contribution in [1.82, 2.24) is 20.0 Å². The Kier molecular flexibility index (Phi) is 6.18. The maximum absolute atomic E-state index is 12.9. The summed E-state index contributed by atoms with van der Waals surface area (Å²) < 4.78 is 7.97. The van der Waals surface area contributed by atoms with Crippen molar-refractivity contribution in [2.45, 2.75) is 44.8 Å². The Balaban J connectivity index is 1.30. The van der Waals surface area contributed by atoms with E-state index < -0.39 is 0 Å². The highest BCUT2D eigenvalue weighted by molar-refractivity contribution is 5.94. The lowest BCUT2D eigenvalue weighted by Crippen LogP contribution is -2.52. The number of benzene rings is 1. The highest BCUT2D eigenvalue weighted by Crippen LogP contribution is 2.37. The quantitative estimate of drug-likeness (QED) is 0.822. The highest BCUT2D eigenvalue weighted by atomic mass is 16.5. The van der Waals surface area contributed by atoms with Crippen LogP contribution in [0.1, 0.15) is 53.5 Å². The fraction of sp³-hybridized carbons (Fsp3) is 0.522. The van der Waals surface area contributed by atoms with Gasteiger partial charge in [0.25, 0.3) is 11.8 Å². The number of rotatable bonds is 5. The minimum atomic E-state index is -0.178. The molecule has 1 aromatic heterocycles. The Morgan fingerprint density at radius 3 is 2.70 bits per heavy atom. The van der Waals surface area contributed by atoms with Gasteiger partial charge in [0.05, 0.1) is 5.60 Å². The van der Waals surface area contributed by atoms with Gasteiger partial charge in [0, 0.05) is 44.5 Å². The molecule has 1 atom stereocenters. The minimum absolute atomic E-state index is 0.0240. The zero-order valence-corrected chi connectivity index (χ0v) is 17.5. The van der Waals surface area contributed by atoms with Crippen molar-refractivity contribution in [3.8, 4) is 0 Å². The number of aryl methyl sites for hydroxylation is 1. The Labute approximate surface area is 177 Å². The van der Waals surface area contributed by atoms with Crippen molar-refractivity contribution < 1.29 is 14.3 Å². The van der Waals surface area contributed by atoms with Crippen molar-refractivity contribution in [1.29, 1.82) is 0 Å². The smallest absolute Gasteiger partial charge is 0.272 e. The molecule has 1 N–H and O–H groups in total. The molecule has 0 saturated carbocycles. The first-order valence-electron chi connectivity index (χ1n) is 10.9. The Morgan fingerprint density at radius 1 is 1.20 bits per heavy atom. The SMILES string of the molecule is CCn1nccc1C(=O)N1CCC2(CC1)CC(CNC(=O)c1ccccc1)CCO2. The summed E-state index contributed by atoms with van der Waals surface area (Å²) in [4.78, 5) is 27.1. The number of nitrogens with zero attached hydrogens (tertiary/aromatic N) is 3. The molecule has 0 bridgehead atoms. The molecule has 160 valence electrons. The molecule has 2 amide bonds. The van der Waals surface area contributed by atoms with Crippen molar-refractivity contribution in [3.05, 3.63) is 53.9 Å². The molecule has 3 heterocycles. The molecule has 4 rings (SSSR count). The first-order valence-corrected chi connectivity index (χ1v) is 10.9. The molecule has 2 aliphatic heterocycles. The van der Waals surface area contributed by atoms with E-state index in [2.05, 4.69) is 10.4 Å². The van der Waals surface area contributed by atoms with E-state index in [4.69, 9.17) is 4.74 Å². The fourth-order valence-corrected chi connectivity index (χ4v) is 4.63. The normalized spacial score (nSPS) is 20.8. The zero-order chi connectivity index (χ0) is 21.0. The summed E-state index contributed by atoms with van der Waals surface area (Å²) in [5.74, 6) is 0.422. The van der Waals surface area contributed by atoms with Crippen molar-refractivity contribution in [2.24, 2.45) is 5.92 Å². The largest absolute Gasteiger partial charge is 0.375 e. The van der Waals surface area contributed by atoms with Crippen LogP contribution in [0.3, 0.4) is 0 Å². The molecule has 7 nitrogen and oxygen atoms in total. The predicted octanol–water partition coefficient (Wildman–Crippen LogP) is 2.73. The molecular weight excluding hydrogens is 380 g/mol.